The second kappa shape index (κ2) is 6.69. The molecule has 0 aliphatic heterocycles. The Morgan fingerprint density at radius 2 is 2.12 bits per heavy atom. The summed E-state index contributed by atoms with van der Waals surface area (Å²) in [6, 6.07) is 11.7. The highest BCUT2D eigenvalue weighted by atomic mass is 35.5. The molecule has 3 aromatic rings. The Morgan fingerprint density at radius 1 is 1.27 bits per heavy atom. The molecule has 1 unspecified atom stereocenters. The number of amides is 1. The standard InChI is InChI=1S/C21H21ClN2O2/c1-12-3-8-20(26-2)19(9-12)24-21(25)13-4-6-17-15(10-13)16-11-14(22)5-7-18(16)23-17/h3,5,7-9,11,13,23H,4,6,10H2,1-2H3,(H,24,25). The number of halogens is 1. The summed E-state index contributed by atoms with van der Waals surface area (Å²) >= 11 is 6.17. The van der Waals surface area contributed by atoms with Crippen LogP contribution in [0.2, 0.25) is 5.02 Å². The topological polar surface area (TPSA) is 54.1 Å². The van der Waals surface area contributed by atoms with Gasteiger partial charge in [-0.3, -0.25) is 4.79 Å². The number of methoxy groups -OCH3 is 1. The van der Waals surface area contributed by atoms with Gasteiger partial charge in [-0.25, -0.2) is 0 Å². The average molecular weight is 369 g/mol. The minimum Gasteiger partial charge on any atom is -0.495 e. The molecular weight excluding hydrogens is 348 g/mol. The molecule has 1 aliphatic carbocycles. The molecule has 0 saturated carbocycles. The normalized spacial score (nSPS) is 16.3. The molecule has 4 rings (SSSR count). The lowest BCUT2D eigenvalue weighted by Gasteiger charge is -2.22. The van der Waals surface area contributed by atoms with E-state index in [4.69, 9.17) is 16.3 Å². The number of rotatable bonds is 3. The predicted octanol–water partition coefficient (Wildman–Crippen LogP) is 4.88. The Kier molecular flexibility index (Phi) is 4.37. The molecular formula is C21H21ClN2O2. The monoisotopic (exact) mass is 368 g/mol. The first-order valence-electron chi connectivity index (χ1n) is 8.79. The molecule has 1 amide bonds. The van der Waals surface area contributed by atoms with Crippen molar-refractivity contribution < 1.29 is 9.53 Å². The largest absolute Gasteiger partial charge is 0.495 e. The summed E-state index contributed by atoms with van der Waals surface area (Å²) in [5.41, 5.74) is 5.33. The van der Waals surface area contributed by atoms with E-state index < -0.39 is 0 Å². The van der Waals surface area contributed by atoms with E-state index in [0.29, 0.717) is 5.75 Å². The zero-order chi connectivity index (χ0) is 18.3. The molecule has 0 spiro atoms. The quantitative estimate of drug-likeness (QED) is 0.692. The fourth-order valence-electron chi connectivity index (χ4n) is 3.77. The molecule has 1 aromatic heterocycles. The number of hydrogen-bond acceptors (Lipinski definition) is 2. The Bertz CT molecular complexity index is 993. The molecule has 2 N–H and O–H groups in total. The van der Waals surface area contributed by atoms with Crippen molar-refractivity contribution in [1.82, 2.24) is 4.98 Å². The highest BCUT2D eigenvalue weighted by molar-refractivity contribution is 6.31. The average Bonchev–Trinajstić information content (AvgIpc) is 2.99. The Balaban J connectivity index is 1.59. The number of hydrogen-bond donors (Lipinski definition) is 2. The van der Waals surface area contributed by atoms with E-state index >= 15 is 0 Å². The van der Waals surface area contributed by atoms with E-state index in [0.717, 1.165) is 46.4 Å². The summed E-state index contributed by atoms with van der Waals surface area (Å²) in [6.07, 6.45) is 2.41. The van der Waals surface area contributed by atoms with Crippen LogP contribution in [0.15, 0.2) is 36.4 Å². The number of anilines is 1. The third-order valence-corrected chi connectivity index (χ3v) is 5.37. The van der Waals surface area contributed by atoms with E-state index in [-0.39, 0.29) is 11.8 Å². The number of aromatic amines is 1. The van der Waals surface area contributed by atoms with Crippen molar-refractivity contribution in [3.8, 4) is 5.75 Å². The van der Waals surface area contributed by atoms with Crippen molar-refractivity contribution in [2.45, 2.75) is 26.2 Å². The summed E-state index contributed by atoms with van der Waals surface area (Å²) in [4.78, 5) is 16.3. The first-order valence-corrected chi connectivity index (χ1v) is 9.17. The zero-order valence-corrected chi connectivity index (χ0v) is 15.6. The Hall–Kier alpha value is -2.46. The van der Waals surface area contributed by atoms with E-state index in [1.165, 1.54) is 11.3 Å². The maximum Gasteiger partial charge on any atom is 0.227 e. The van der Waals surface area contributed by atoms with E-state index in [1.54, 1.807) is 7.11 Å². The fourth-order valence-corrected chi connectivity index (χ4v) is 3.94. The molecule has 2 aromatic carbocycles. The van der Waals surface area contributed by atoms with Crippen molar-refractivity contribution >= 4 is 34.1 Å². The lowest BCUT2D eigenvalue weighted by molar-refractivity contribution is -0.120. The van der Waals surface area contributed by atoms with Crippen LogP contribution in [-0.4, -0.2) is 18.0 Å². The van der Waals surface area contributed by atoms with Crippen LogP contribution in [0.4, 0.5) is 5.69 Å². The number of carbonyl (C=O) groups excluding carboxylic acids is 1. The third-order valence-electron chi connectivity index (χ3n) is 5.13. The summed E-state index contributed by atoms with van der Waals surface area (Å²) in [6.45, 7) is 2.00. The van der Waals surface area contributed by atoms with Crippen molar-refractivity contribution in [3.05, 3.63) is 58.2 Å². The van der Waals surface area contributed by atoms with Crippen LogP contribution in [0.25, 0.3) is 10.9 Å². The van der Waals surface area contributed by atoms with Gasteiger partial charge in [0.2, 0.25) is 5.91 Å². The van der Waals surface area contributed by atoms with Crippen LogP contribution in [0.5, 0.6) is 5.75 Å². The molecule has 26 heavy (non-hydrogen) atoms. The van der Waals surface area contributed by atoms with Gasteiger partial charge >= 0.3 is 0 Å². The summed E-state index contributed by atoms with van der Waals surface area (Å²) in [7, 11) is 1.61. The van der Waals surface area contributed by atoms with Gasteiger partial charge in [0, 0.05) is 27.5 Å². The second-order valence-corrected chi connectivity index (χ2v) is 7.34. The smallest absolute Gasteiger partial charge is 0.227 e. The van der Waals surface area contributed by atoms with Crippen molar-refractivity contribution in [2.75, 3.05) is 12.4 Å². The van der Waals surface area contributed by atoms with Crippen molar-refractivity contribution in [3.63, 3.8) is 0 Å². The number of H-pyrrole nitrogens is 1. The van der Waals surface area contributed by atoms with Crippen LogP contribution in [-0.2, 0) is 17.6 Å². The van der Waals surface area contributed by atoms with E-state index in [1.807, 2.05) is 43.3 Å². The number of benzene rings is 2. The van der Waals surface area contributed by atoms with Gasteiger partial charge in [0.15, 0.2) is 0 Å². The summed E-state index contributed by atoms with van der Waals surface area (Å²) in [5, 5.41) is 4.90. The number of nitrogens with one attached hydrogen (secondary N) is 2. The van der Waals surface area contributed by atoms with Gasteiger partial charge in [0.1, 0.15) is 5.75 Å². The molecule has 5 heteroatoms. The van der Waals surface area contributed by atoms with Gasteiger partial charge in [0.05, 0.1) is 12.8 Å². The predicted molar refractivity (Wildman–Crippen MR) is 105 cm³/mol. The molecule has 0 fully saturated rings. The summed E-state index contributed by atoms with van der Waals surface area (Å²) < 4.78 is 5.37. The number of carbonyl (C=O) groups is 1. The molecule has 0 radical (unpaired) electrons. The molecule has 4 nitrogen and oxygen atoms in total. The van der Waals surface area contributed by atoms with Crippen LogP contribution in [0.3, 0.4) is 0 Å². The van der Waals surface area contributed by atoms with Gasteiger partial charge in [-0.15, -0.1) is 0 Å². The molecule has 134 valence electrons. The molecule has 1 aliphatic rings. The molecule has 0 bridgehead atoms. The highest BCUT2D eigenvalue weighted by Gasteiger charge is 2.28. The number of aromatic nitrogens is 1. The Labute approximate surface area is 157 Å². The maximum atomic E-state index is 12.9. The molecule has 1 heterocycles. The minimum atomic E-state index is -0.0642. The number of ether oxygens (including phenoxy) is 1. The van der Waals surface area contributed by atoms with Crippen LogP contribution in [0, 0.1) is 12.8 Å². The zero-order valence-electron chi connectivity index (χ0n) is 14.9. The minimum absolute atomic E-state index is 0.0379. The Morgan fingerprint density at radius 3 is 2.92 bits per heavy atom. The van der Waals surface area contributed by atoms with Crippen LogP contribution in [0.1, 0.15) is 23.2 Å². The van der Waals surface area contributed by atoms with Crippen LogP contribution < -0.4 is 10.1 Å². The van der Waals surface area contributed by atoms with Crippen LogP contribution >= 0.6 is 11.6 Å². The SMILES string of the molecule is COc1ccc(C)cc1NC(=O)C1CCc2[nH]c3ccc(Cl)cc3c2C1. The first kappa shape index (κ1) is 17.0. The van der Waals surface area contributed by atoms with Gasteiger partial charge in [0.25, 0.3) is 0 Å². The van der Waals surface area contributed by atoms with Gasteiger partial charge < -0.3 is 15.0 Å². The van der Waals surface area contributed by atoms with Gasteiger partial charge in [-0.2, -0.15) is 0 Å². The van der Waals surface area contributed by atoms with Gasteiger partial charge in [-0.1, -0.05) is 17.7 Å². The highest BCUT2D eigenvalue weighted by Crippen LogP contribution is 2.34. The van der Waals surface area contributed by atoms with Crippen molar-refractivity contribution in [2.24, 2.45) is 5.92 Å². The van der Waals surface area contributed by atoms with E-state index in [9.17, 15) is 4.79 Å². The lowest BCUT2D eigenvalue weighted by Crippen LogP contribution is -2.28. The third kappa shape index (κ3) is 3.06. The molecule has 1 atom stereocenters. The fraction of sp³-hybridized carbons (Fsp3) is 0.286. The number of aryl methyl sites for hydroxylation is 2. The first-order chi connectivity index (χ1) is 12.5. The maximum absolute atomic E-state index is 12.9. The van der Waals surface area contributed by atoms with Gasteiger partial charge in [-0.05, 0) is 67.6 Å². The summed E-state index contributed by atoms with van der Waals surface area (Å²) in [5.74, 6) is 0.654. The number of fused-ring (bicyclic) bond motifs is 3. The van der Waals surface area contributed by atoms with Crippen molar-refractivity contribution in [1.29, 1.82) is 0 Å². The second-order valence-electron chi connectivity index (χ2n) is 6.90. The van der Waals surface area contributed by atoms with E-state index in [2.05, 4.69) is 10.3 Å². The molecule has 0 saturated heterocycles. The lowest BCUT2D eigenvalue weighted by atomic mass is 9.85.